The van der Waals surface area contributed by atoms with Crippen molar-refractivity contribution >= 4 is 20.1 Å². The molecule has 0 fully saturated rings. The first kappa shape index (κ1) is 14.0. The summed E-state index contributed by atoms with van der Waals surface area (Å²) in [7, 11) is -1.34. The molecule has 0 saturated heterocycles. The fraction of sp³-hybridized carbons (Fsp3) is 0.900. The molecule has 14 heavy (non-hydrogen) atoms. The van der Waals surface area contributed by atoms with Crippen molar-refractivity contribution in [3.63, 3.8) is 0 Å². The van der Waals surface area contributed by atoms with Crippen LogP contribution in [0.3, 0.4) is 0 Å². The molecule has 0 aromatic carbocycles. The summed E-state index contributed by atoms with van der Waals surface area (Å²) < 4.78 is 5.74. The van der Waals surface area contributed by atoms with Gasteiger partial charge in [-0.1, -0.05) is 12.8 Å². The molecule has 0 radical (unpaired) electrons. The summed E-state index contributed by atoms with van der Waals surface area (Å²) in [5.74, 6) is 0.979. The predicted molar refractivity (Wildman–Crippen MR) is 65.8 cm³/mol. The van der Waals surface area contributed by atoms with Crippen LogP contribution in [-0.2, 0) is 4.43 Å². The van der Waals surface area contributed by atoms with Crippen molar-refractivity contribution in [2.75, 3.05) is 12.4 Å². The summed E-state index contributed by atoms with van der Waals surface area (Å²) in [6.45, 7) is 7.48. The van der Waals surface area contributed by atoms with E-state index in [0.717, 1.165) is 18.8 Å². The molecule has 0 saturated carbocycles. The minimum absolute atomic E-state index is 0.851. The molecule has 0 aromatic heterocycles. The van der Waals surface area contributed by atoms with Crippen molar-refractivity contribution in [3.05, 3.63) is 0 Å². The van der Waals surface area contributed by atoms with Gasteiger partial charge in [0.05, 0.1) is 0 Å². The third kappa shape index (κ3) is 8.61. The Morgan fingerprint density at radius 3 is 2.57 bits per heavy atom. The topological polar surface area (TPSA) is 33.0 Å². The fourth-order valence-corrected chi connectivity index (χ4v) is 3.88. The Morgan fingerprint density at radius 1 is 1.29 bits per heavy atom. The van der Waals surface area contributed by atoms with Crippen LogP contribution in [0, 0.1) is 10.7 Å². The smallest absolute Gasteiger partial charge is 0.186 e. The zero-order valence-electron chi connectivity index (χ0n) is 9.51. The highest BCUT2D eigenvalue weighted by molar-refractivity contribution is 8.03. The van der Waals surface area contributed by atoms with Crippen LogP contribution in [0.25, 0.3) is 0 Å². The molecule has 0 spiro atoms. The number of thioether (sulfide) groups is 1. The van der Waals surface area contributed by atoms with Crippen molar-refractivity contribution in [1.29, 1.82) is 5.26 Å². The van der Waals surface area contributed by atoms with Gasteiger partial charge in [0.15, 0.2) is 8.32 Å². The van der Waals surface area contributed by atoms with Crippen LogP contribution in [0.4, 0.5) is 0 Å². The third-order valence-corrected chi connectivity index (χ3v) is 5.37. The lowest BCUT2D eigenvalue weighted by atomic mass is 10.3. The first-order valence-electron chi connectivity index (χ1n) is 5.27. The van der Waals surface area contributed by atoms with E-state index in [2.05, 4.69) is 25.4 Å². The summed E-state index contributed by atoms with van der Waals surface area (Å²) >= 11 is 1.36. The third-order valence-electron chi connectivity index (χ3n) is 2.12. The fourth-order valence-electron chi connectivity index (χ4n) is 1.41. The quantitative estimate of drug-likeness (QED) is 0.363. The monoisotopic (exact) mass is 231 g/mol. The van der Waals surface area contributed by atoms with Crippen LogP contribution in [0.15, 0.2) is 0 Å². The summed E-state index contributed by atoms with van der Waals surface area (Å²) in [5, 5.41) is 10.4. The van der Waals surface area contributed by atoms with Crippen LogP contribution in [0.5, 0.6) is 0 Å². The molecular formula is C10H21NOSSi. The Morgan fingerprint density at radius 2 is 2.00 bits per heavy atom. The summed E-state index contributed by atoms with van der Waals surface area (Å²) in [4.78, 5) is 0. The number of hydrogen-bond acceptors (Lipinski definition) is 3. The Labute approximate surface area is 93.2 Å². The normalized spacial score (nSPS) is 11.3. The average molecular weight is 231 g/mol. The first-order valence-corrected chi connectivity index (χ1v) is 9.37. The molecule has 4 heteroatoms. The van der Waals surface area contributed by atoms with E-state index in [1.165, 1.54) is 30.6 Å². The van der Waals surface area contributed by atoms with Gasteiger partial charge in [-0.2, -0.15) is 5.26 Å². The molecule has 0 unspecified atom stereocenters. The van der Waals surface area contributed by atoms with E-state index < -0.39 is 8.32 Å². The molecule has 0 heterocycles. The van der Waals surface area contributed by atoms with Crippen LogP contribution < -0.4 is 0 Å². The number of nitrogens with zero attached hydrogens (tertiary/aromatic N) is 1. The minimum Gasteiger partial charge on any atom is -0.418 e. The molecule has 2 nitrogen and oxygen atoms in total. The van der Waals surface area contributed by atoms with E-state index in [-0.39, 0.29) is 0 Å². The molecule has 0 aliphatic carbocycles. The molecule has 0 N–H and O–H groups in total. The molecule has 0 aromatic rings. The Bertz CT molecular complexity index is 179. The van der Waals surface area contributed by atoms with E-state index in [9.17, 15) is 0 Å². The molecule has 0 rings (SSSR count). The number of unbranched alkanes of at least 4 members (excludes halogenated alkanes) is 2. The molecule has 0 aliphatic heterocycles. The molecule has 0 bridgehead atoms. The zero-order chi connectivity index (χ0) is 10.9. The maximum Gasteiger partial charge on any atom is 0.186 e. The Hall–Kier alpha value is 0.0169. The van der Waals surface area contributed by atoms with Gasteiger partial charge in [0, 0.05) is 12.4 Å². The summed E-state index contributed by atoms with van der Waals surface area (Å²) in [6.07, 6.45) is 3.65. The van der Waals surface area contributed by atoms with E-state index in [1.807, 2.05) is 0 Å². The minimum atomic E-state index is -1.34. The van der Waals surface area contributed by atoms with Gasteiger partial charge in [0.1, 0.15) is 5.40 Å². The predicted octanol–water partition coefficient (Wildman–Crippen LogP) is 3.61. The lowest BCUT2D eigenvalue weighted by Crippen LogP contribution is -2.29. The Kier molecular flexibility index (Phi) is 8.35. The molecule has 0 atom stereocenters. The second-order valence-electron chi connectivity index (χ2n) is 3.94. The van der Waals surface area contributed by atoms with Gasteiger partial charge >= 0.3 is 0 Å². The Balaban J connectivity index is 3.31. The highest BCUT2D eigenvalue weighted by atomic mass is 32.2. The van der Waals surface area contributed by atoms with Gasteiger partial charge in [-0.25, -0.2) is 0 Å². The van der Waals surface area contributed by atoms with Crippen LogP contribution >= 0.6 is 11.8 Å². The van der Waals surface area contributed by atoms with Crippen LogP contribution in [0.2, 0.25) is 19.1 Å². The van der Waals surface area contributed by atoms with E-state index in [0.29, 0.717) is 0 Å². The standard InChI is InChI=1S/C10H21NOSSi/c1-4-12-14(2,3)9-7-5-6-8-13-10-11/h4-9H2,1-3H3. The first-order chi connectivity index (χ1) is 6.62. The van der Waals surface area contributed by atoms with Gasteiger partial charge < -0.3 is 4.43 Å². The summed E-state index contributed by atoms with van der Waals surface area (Å²) in [5.41, 5.74) is 0. The number of rotatable bonds is 8. The van der Waals surface area contributed by atoms with Gasteiger partial charge in [0.2, 0.25) is 0 Å². The summed E-state index contributed by atoms with van der Waals surface area (Å²) in [6, 6.07) is 1.25. The van der Waals surface area contributed by atoms with E-state index in [4.69, 9.17) is 9.69 Å². The maximum absolute atomic E-state index is 8.32. The molecule has 0 amide bonds. The van der Waals surface area contributed by atoms with E-state index in [1.54, 1.807) is 0 Å². The van der Waals surface area contributed by atoms with Gasteiger partial charge in [-0.15, -0.1) is 0 Å². The van der Waals surface area contributed by atoms with Crippen molar-refractivity contribution in [1.82, 2.24) is 0 Å². The molecular weight excluding hydrogens is 210 g/mol. The highest BCUT2D eigenvalue weighted by Crippen LogP contribution is 2.16. The number of hydrogen-bond donors (Lipinski definition) is 0. The van der Waals surface area contributed by atoms with Gasteiger partial charge in [-0.3, -0.25) is 0 Å². The lowest BCUT2D eigenvalue weighted by Gasteiger charge is -2.21. The largest absolute Gasteiger partial charge is 0.418 e. The van der Waals surface area contributed by atoms with Crippen LogP contribution in [-0.4, -0.2) is 20.7 Å². The number of nitriles is 1. The second kappa shape index (κ2) is 8.34. The van der Waals surface area contributed by atoms with Crippen molar-refractivity contribution in [2.24, 2.45) is 0 Å². The molecule has 82 valence electrons. The molecule has 0 aliphatic rings. The van der Waals surface area contributed by atoms with E-state index >= 15 is 0 Å². The van der Waals surface area contributed by atoms with Crippen molar-refractivity contribution in [3.8, 4) is 5.40 Å². The lowest BCUT2D eigenvalue weighted by molar-refractivity contribution is 0.327. The highest BCUT2D eigenvalue weighted by Gasteiger charge is 2.20. The zero-order valence-corrected chi connectivity index (χ0v) is 11.3. The van der Waals surface area contributed by atoms with Crippen molar-refractivity contribution in [2.45, 2.75) is 45.3 Å². The van der Waals surface area contributed by atoms with Gasteiger partial charge in [0.25, 0.3) is 0 Å². The number of thiocyanates is 1. The SMILES string of the molecule is CCO[Si](C)(C)CCCCCSC#N. The maximum atomic E-state index is 8.32. The second-order valence-corrected chi connectivity index (χ2v) is 9.13. The van der Waals surface area contributed by atoms with Crippen molar-refractivity contribution < 1.29 is 4.43 Å². The van der Waals surface area contributed by atoms with Gasteiger partial charge in [-0.05, 0) is 44.2 Å². The van der Waals surface area contributed by atoms with Crippen LogP contribution in [0.1, 0.15) is 26.2 Å². The average Bonchev–Trinajstić information content (AvgIpc) is 2.11.